The SMILES string of the molecule is CCC(CC1CC1)NC(=O)c1cc(Cl)ccc1N. The van der Waals surface area contributed by atoms with E-state index in [1.54, 1.807) is 18.2 Å². The fourth-order valence-corrected chi connectivity index (χ4v) is 2.24. The van der Waals surface area contributed by atoms with Gasteiger partial charge in [-0.3, -0.25) is 4.79 Å². The highest BCUT2D eigenvalue weighted by atomic mass is 35.5. The van der Waals surface area contributed by atoms with Crippen LogP contribution < -0.4 is 11.1 Å². The first-order valence-electron chi connectivity index (χ1n) is 6.46. The van der Waals surface area contributed by atoms with E-state index >= 15 is 0 Å². The van der Waals surface area contributed by atoms with E-state index in [4.69, 9.17) is 17.3 Å². The summed E-state index contributed by atoms with van der Waals surface area (Å²) in [4.78, 5) is 12.1. The van der Waals surface area contributed by atoms with Gasteiger partial charge in [0, 0.05) is 16.8 Å². The average molecular weight is 267 g/mol. The predicted octanol–water partition coefficient (Wildman–Crippen LogP) is 3.23. The Hall–Kier alpha value is -1.22. The van der Waals surface area contributed by atoms with E-state index in [1.165, 1.54) is 12.8 Å². The molecule has 0 aromatic heterocycles. The van der Waals surface area contributed by atoms with Gasteiger partial charge >= 0.3 is 0 Å². The molecule has 18 heavy (non-hydrogen) atoms. The number of nitrogens with one attached hydrogen (secondary N) is 1. The van der Waals surface area contributed by atoms with Gasteiger partial charge in [0.15, 0.2) is 0 Å². The Balaban J connectivity index is 2.02. The molecule has 1 aliphatic carbocycles. The molecule has 1 fully saturated rings. The van der Waals surface area contributed by atoms with Crippen molar-refractivity contribution in [3.63, 3.8) is 0 Å². The van der Waals surface area contributed by atoms with Crippen molar-refractivity contribution < 1.29 is 4.79 Å². The van der Waals surface area contributed by atoms with Gasteiger partial charge in [-0.2, -0.15) is 0 Å². The van der Waals surface area contributed by atoms with E-state index in [9.17, 15) is 4.79 Å². The number of carbonyl (C=O) groups excluding carboxylic acids is 1. The molecule has 1 aromatic rings. The minimum absolute atomic E-state index is 0.123. The van der Waals surface area contributed by atoms with Gasteiger partial charge in [-0.15, -0.1) is 0 Å². The molecule has 1 amide bonds. The second-order valence-corrected chi connectivity index (χ2v) is 5.43. The number of hydrogen-bond donors (Lipinski definition) is 2. The first kappa shape index (κ1) is 13.2. The lowest BCUT2D eigenvalue weighted by Crippen LogP contribution is -2.35. The number of carbonyl (C=O) groups is 1. The maximum Gasteiger partial charge on any atom is 0.253 e. The van der Waals surface area contributed by atoms with Crippen LogP contribution in [-0.4, -0.2) is 11.9 Å². The van der Waals surface area contributed by atoms with Crippen molar-refractivity contribution in [2.75, 3.05) is 5.73 Å². The lowest BCUT2D eigenvalue weighted by molar-refractivity contribution is 0.0933. The van der Waals surface area contributed by atoms with E-state index < -0.39 is 0 Å². The maximum absolute atomic E-state index is 12.1. The van der Waals surface area contributed by atoms with Gasteiger partial charge < -0.3 is 11.1 Å². The van der Waals surface area contributed by atoms with Crippen LogP contribution >= 0.6 is 11.6 Å². The van der Waals surface area contributed by atoms with Crippen LogP contribution in [0.3, 0.4) is 0 Å². The average Bonchev–Trinajstić information content (AvgIpc) is 3.15. The molecule has 3 nitrogen and oxygen atoms in total. The third kappa shape index (κ3) is 3.39. The Morgan fingerprint density at radius 2 is 2.28 bits per heavy atom. The van der Waals surface area contributed by atoms with Crippen molar-refractivity contribution in [1.82, 2.24) is 5.32 Å². The molecule has 0 saturated heterocycles. The third-order valence-corrected chi connectivity index (χ3v) is 3.64. The Morgan fingerprint density at radius 3 is 2.89 bits per heavy atom. The molecule has 1 unspecified atom stereocenters. The van der Waals surface area contributed by atoms with Crippen LogP contribution in [0, 0.1) is 5.92 Å². The first-order valence-corrected chi connectivity index (χ1v) is 6.83. The second-order valence-electron chi connectivity index (χ2n) is 4.99. The Bertz CT molecular complexity index is 443. The van der Waals surface area contributed by atoms with Gasteiger partial charge in [-0.25, -0.2) is 0 Å². The number of amides is 1. The molecule has 0 aliphatic heterocycles. The molecule has 4 heteroatoms. The lowest BCUT2D eigenvalue weighted by atomic mass is 10.1. The number of hydrogen-bond acceptors (Lipinski definition) is 2. The monoisotopic (exact) mass is 266 g/mol. The van der Waals surface area contributed by atoms with Crippen molar-refractivity contribution in [1.29, 1.82) is 0 Å². The molecule has 0 spiro atoms. The summed E-state index contributed by atoms with van der Waals surface area (Å²) in [5.74, 6) is 0.675. The Morgan fingerprint density at radius 1 is 1.56 bits per heavy atom. The van der Waals surface area contributed by atoms with E-state index in [-0.39, 0.29) is 11.9 Å². The van der Waals surface area contributed by atoms with Gasteiger partial charge in [-0.05, 0) is 37.0 Å². The molecular weight excluding hydrogens is 248 g/mol. The zero-order chi connectivity index (χ0) is 13.1. The summed E-state index contributed by atoms with van der Waals surface area (Å²) in [5, 5.41) is 3.58. The topological polar surface area (TPSA) is 55.1 Å². The molecule has 98 valence electrons. The van der Waals surface area contributed by atoms with Crippen LogP contribution in [0.2, 0.25) is 5.02 Å². The summed E-state index contributed by atoms with van der Waals surface area (Å²) in [6.07, 6.45) is 4.61. The zero-order valence-corrected chi connectivity index (χ0v) is 11.3. The highest BCUT2D eigenvalue weighted by molar-refractivity contribution is 6.31. The minimum atomic E-state index is -0.123. The van der Waals surface area contributed by atoms with Crippen LogP contribution in [0.1, 0.15) is 43.0 Å². The largest absolute Gasteiger partial charge is 0.398 e. The highest BCUT2D eigenvalue weighted by Gasteiger charge is 2.26. The van der Waals surface area contributed by atoms with Gasteiger partial charge in [0.05, 0.1) is 5.56 Å². The maximum atomic E-state index is 12.1. The molecule has 1 atom stereocenters. The summed E-state index contributed by atoms with van der Waals surface area (Å²) >= 11 is 5.89. The molecular formula is C14H19ClN2O. The minimum Gasteiger partial charge on any atom is -0.398 e. The second kappa shape index (κ2) is 5.61. The third-order valence-electron chi connectivity index (χ3n) is 3.40. The molecule has 0 bridgehead atoms. The number of nitrogen functional groups attached to an aromatic ring is 1. The number of benzene rings is 1. The summed E-state index contributed by atoms with van der Waals surface area (Å²) < 4.78 is 0. The summed E-state index contributed by atoms with van der Waals surface area (Å²) in [5.41, 5.74) is 6.74. The molecule has 1 aromatic carbocycles. The normalized spacial score (nSPS) is 16.3. The van der Waals surface area contributed by atoms with Crippen molar-refractivity contribution in [3.05, 3.63) is 28.8 Å². The van der Waals surface area contributed by atoms with E-state index in [0.29, 0.717) is 16.3 Å². The Labute approximate surface area is 113 Å². The summed E-state index contributed by atoms with van der Waals surface area (Å²) in [6.45, 7) is 2.09. The van der Waals surface area contributed by atoms with Gasteiger partial charge in [0.25, 0.3) is 5.91 Å². The number of anilines is 1. The van der Waals surface area contributed by atoms with Gasteiger partial charge in [-0.1, -0.05) is 31.4 Å². The van der Waals surface area contributed by atoms with E-state index in [1.807, 2.05) is 0 Å². The van der Waals surface area contributed by atoms with Crippen molar-refractivity contribution in [2.24, 2.45) is 5.92 Å². The molecule has 3 N–H and O–H groups in total. The summed E-state index contributed by atoms with van der Waals surface area (Å²) in [6, 6.07) is 5.22. The zero-order valence-electron chi connectivity index (χ0n) is 10.6. The fraction of sp³-hybridized carbons (Fsp3) is 0.500. The van der Waals surface area contributed by atoms with Crippen LogP contribution in [0.4, 0.5) is 5.69 Å². The quantitative estimate of drug-likeness (QED) is 0.804. The molecule has 1 saturated carbocycles. The van der Waals surface area contributed by atoms with Crippen molar-refractivity contribution >= 4 is 23.2 Å². The predicted molar refractivity (Wildman–Crippen MR) is 74.8 cm³/mol. The number of nitrogens with two attached hydrogens (primary N) is 1. The first-order chi connectivity index (χ1) is 8.60. The van der Waals surface area contributed by atoms with E-state index in [0.717, 1.165) is 18.8 Å². The number of rotatable bonds is 5. The fourth-order valence-electron chi connectivity index (χ4n) is 2.07. The van der Waals surface area contributed by atoms with Crippen LogP contribution in [0.15, 0.2) is 18.2 Å². The van der Waals surface area contributed by atoms with Gasteiger partial charge in [0.2, 0.25) is 0 Å². The molecule has 0 heterocycles. The Kier molecular flexibility index (Phi) is 4.12. The lowest BCUT2D eigenvalue weighted by Gasteiger charge is -2.17. The molecule has 0 radical (unpaired) electrons. The van der Waals surface area contributed by atoms with Gasteiger partial charge in [0.1, 0.15) is 0 Å². The van der Waals surface area contributed by atoms with Crippen LogP contribution in [0.25, 0.3) is 0 Å². The molecule has 1 aliphatic rings. The highest BCUT2D eigenvalue weighted by Crippen LogP contribution is 2.34. The smallest absolute Gasteiger partial charge is 0.253 e. The van der Waals surface area contributed by atoms with Crippen LogP contribution in [0.5, 0.6) is 0 Å². The molecule has 2 rings (SSSR count). The number of halogens is 1. The van der Waals surface area contributed by atoms with Crippen molar-refractivity contribution in [2.45, 2.75) is 38.6 Å². The van der Waals surface area contributed by atoms with Crippen LogP contribution in [-0.2, 0) is 0 Å². The standard InChI is InChI=1S/C14H19ClN2O/c1-2-11(7-9-3-4-9)17-14(18)12-8-10(15)5-6-13(12)16/h5-6,8-9,11H,2-4,7,16H2,1H3,(H,17,18). The van der Waals surface area contributed by atoms with E-state index in [2.05, 4.69) is 12.2 Å². The summed E-state index contributed by atoms with van der Waals surface area (Å²) in [7, 11) is 0. The van der Waals surface area contributed by atoms with Crippen molar-refractivity contribution in [3.8, 4) is 0 Å².